The van der Waals surface area contributed by atoms with E-state index in [0.717, 1.165) is 6.20 Å². The standard InChI is InChI=1S/C13H9F3N2O3/c1-7-2-3-8(11(19)20)6-9(7)21-12-17-5-4-10(18-12)13(14,15)16/h2-6H,1H3,(H,19,20). The van der Waals surface area contributed by atoms with E-state index in [1.54, 1.807) is 6.92 Å². The number of alkyl halides is 3. The maximum absolute atomic E-state index is 12.5. The molecule has 5 nitrogen and oxygen atoms in total. The number of rotatable bonds is 3. The lowest BCUT2D eigenvalue weighted by Crippen LogP contribution is -2.09. The van der Waals surface area contributed by atoms with Crippen molar-refractivity contribution in [2.75, 3.05) is 0 Å². The van der Waals surface area contributed by atoms with Crippen LogP contribution in [0.15, 0.2) is 30.5 Å². The minimum atomic E-state index is -4.61. The fourth-order valence-corrected chi connectivity index (χ4v) is 1.49. The van der Waals surface area contributed by atoms with Gasteiger partial charge in [0.2, 0.25) is 0 Å². The lowest BCUT2D eigenvalue weighted by molar-refractivity contribution is -0.141. The van der Waals surface area contributed by atoms with Crippen molar-refractivity contribution in [3.63, 3.8) is 0 Å². The Balaban J connectivity index is 2.34. The predicted octanol–water partition coefficient (Wildman–Crippen LogP) is 3.29. The van der Waals surface area contributed by atoms with Crippen molar-refractivity contribution < 1.29 is 27.8 Å². The van der Waals surface area contributed by atoms with Crippen molar-refractivity contribution in [2.24, 2.45) is 0 Å². The molecule has 1 N–H and O–H groups in total. The monoisotopic (exact) mass is 298 g/mol. The third-order valence-electron chi connectivity index (χ3n) is 2.56. The maximum atomic E-state index is 12.5. The molecule has 8 heteroatoms. The van der Waals surface area contributed by atoms with E-state index in [4.69, 9.17) is 9.84 Å². The highest BCUT2D eigenvalue weighted by Gasteiger charge is 2.33. The number of hydrogen-bond donors (Lipinski definition) is 1. The molecule has 0 aliphatic carbocycles. The summed E-state index contributed by atoms with van der Waals surface area (Å²) in [6.07, 6.45) is -3.69. The molecule has 0 amide bonds. The second-order valence-corrected chi connectivity index (χ2v) is 4.11. The van der Waals surface area contributed by atoms with E-state index in [1.165, 1.54) is 18.2 Å². The second-order valence-electron chi connectivity index (χ2n) is 4.11. The van der Waals surface area contributed by atoms with Crippen LogP contribution in [0.5, 0.6) is 11.8 Å². The van der Waals surface area contributed by atoms with Gasteiger partial charge in [-0.2, -0.15) is 18.2 Å². The number of aromatic carboxylic acids is 1. The van der Waals surface area contributed by atoms with Gasteiger partial charge in [0, 0.05) is 6.20 Å². The Bertz CT molecular complexity index is 687. The quantitative estimate of drug-likeness (QED) is 0.941. The number of nitrogens with zero attached hydrogens (tertiary/aromatic N) is 2. The Hall–Kier alpha value is -2.64. The van der Waals surface area contributed by atoms with Crippen LogP contribution in [0.3, 0.4) is 0 Å². The van der Waals surface area contributed by atoms with Crippen molar-refractivity contribution in [1.29, 1.82) is 0 Å². The number of carboxylic acids is 1. The van der Waals surface area contributed by atoms with Gasteiger partial charge in [0.1, 0.15) is 5.75 Å². The average molecular weight is 298 g/mol. The lowest BCUT2D eigenvalue weighted by atomic mass is 10.1. The van der Waals surface area contributed by atoms with Crippen LogP contribution >= 0.6 is 0 Å². The second kappa shape index (κ2) is 5.39. The summed E-state index contributed by atoms with van der Waals surface area (Å²) in [4.78, 5) is 17.7. The van der Waals surface area contributed by atoms with Crippen LogP contribution in [-0.4, -0.2) is 21.0 Å². The van der Waals surface area contributed by atoms with E-state index in [2.05, 4.69) is 9.97 Å². The number of hydrogen-bond acceptors (Lipinski definition) is 4. The fourth-order valence-electron chi connectivity index (χ4n) is 1.49. The first-order valence-corrected chi connectivity index (χ1v) is 5.69. The highest BCUT2D eigenvalue weighted by atomic mass is 19.4. The van der Waals surface area contributed by atoms with Gasteiger partial charge in [-0.25, -0.2) is 9.78 Å². The summed E-state index contributed by atoms with van der Waals surface area (Å²) in [5, 5.41) is 8.88. The number of carboxylic acid groups (broad SMARTS) is 1. The first-order valence-electron chi connectivity index (χ1n) is 5.69. The van der Waals surface area contributed by atoms with Gasteiger partial charge in [0.25, 0.3) is 0 Å². The van der Waals surface area contributed by atoms with Crippen LogP contribution in [0.1, 0.15) is 21.6 Å². The zero-order chi connectivity index (χ0) is 15.6. The molecule has 0 aliphatic rings. The number of aryl methyl sites for hydroxylation is 1. The van der Waals surface area contributed by atoms with E-state index in [0.29, 0.717) is 11.6 Å². The molecule has 0 saturated carbocycles. The number of ether oxygens (including phenoxy) is 1. The third-order valence-corrected chi connectivity index (χ3v) is 2.56. The van der Waals surface area contributed by atoms with Crippen molar-refractivity contribution >= 4 is 5.97 Å². The first-order chi connectivity index (χ1) is 9.77. The summed E-state index contributed by atoms with van der Waals surface area (Å²) < 4.78 is 42.7. The molecule has 0 bridgehead atoms. The van der Waals surface area contributed by atoms with E-state index in [-0.39, 0.29) is 11.3 Å². The molecule has 21 heavy (non-hydrogen) atoms. The van der Waals surface area contributed by atoms with Gasteiger partial charge in [0.15, 0.2) is 5.69 Å². The minimum Gasteiger partial charge on any atom is -0.478 e. The molecule has 1 aromatic carbocycles. The van der Waals surface area contributed by atoms with Crippen molar-refractivity contribution in [2.45, 2.75) is 13.1 Å². The Morgan fingerprint density at radius 1 is 1.29 bits per heavy atom. The summed E-state index contributed by atoms with van der Waals surface area (Å²) in [5.41, 5.74) is -0.650. The van der Waals surface area contributed by atoms with Crippen LogP contribution in [0.25, 0.3) is 0 Å². The Labute approximate surface area is 117 Å². The molecule has 0 radical (unpaired) electrons. The van der Waals surface area contributed by atoms with Crippen molar-refractivity contribution in [3.05, 3.63) is 47.3 Å². The largest absolute Gasteiger partial charge is 0.478 e. The number of benzene rings is 1. The molecule has 0 aliphatic heterocycles. The fraction of sp³-hybridized carbons (Fsp3) is 0.154. The average Bonchev–Trinajstić information content (AvgIpc) is 2.40. The molecule has 0 atom stereocenters. The van der Waals surface area contributed by atoms with Crippen LogP contribution in [0.4, 0.5) is 13.2 Å². The van der Waals surface area contributed by atoms with E-state index < -0.39 is 23.8 Å². The molecular weight excluding hydrogens is 289 g/mol. The summed E-state index contributed by atoms with van der Waals surface area (Å²) in [5.74, 6) is -1.10. The van der Waals surface area contributed by atoms with Crippen LogP contribution in [0.2, 0.25) is 0 Å². The smallest absolute Gasteiger partial charge is 0.433 e. The highest BCUT2D eigenvalue weighted by Crippen LogP contribution is 2.29. The lowest BCUT2D eigenvalue weighted by Gasteiger charge is -2.10. The number of halogens is 3. The highest BCUT2D eigenvalue weighted by molar-refractivity contribution is 5.88. The number of carbonyl (C=O) groups is 1. The normalized spacial score (nSPS) is 11.2. The van der Waals surface area contributed by atoms with Gasteiger partial charge in [0.05, 0.1) is 5.56 Å². The molecule has 0 fully saturated rings. The van der Waals surface area contributed by atoms with Crippen LogP contribution in [-0.2, 0) is 6.18 Å². The summed E-state index contributed by atoms with van der Waals surface area (Å²) in [6, 6.07) is 4.24. The Morgan fingerprint density at radius 3 is 2.62 bits per heavy atom. The van der Waals surface area contributed by atoms with Gasteiger partial charge in [-0.3, -0.25) is 0 Å². The van der Waals surface area contributed by atoms with Crippen LogP contribution in [0, 0.1) is 6.92 Å². The summed E-state index contributed by atoms with van der Waals surface area (Å²) in [6.45, 7) is 1.62. The first kappa shape index (κ1) is 14.8. The minimum absolute atomic E-state index is 0.0532. The van der Waals surface area contributed by atoms with Gasteiger partial charge in [-0.15, -0.1) is 0 Å². The molecule has 0 saturated heterocycles. The molecule has 2 aromatic rings. The van der Waals surface area contributed by atoms with E-state index >= 15 is 0 Å². The van der Waals surface area contributed by atoms with E-state index in [9.17, 15) is 18.0 Å². The molecule has 0 spiro atoms. The molecule has 1 aromatic heterocycles. The number of aromatic nitrogens is 2. The van der Waals surface area contributed by atoms with Gasteiger partial charge < -0.3 is 9.84 Å². The van der Waals surface area contributed by atoms with Crippen molar-refractivity contribution in [3.8, 4) is 11.8 Å². The van der Waals surface area contributed by atoms with Gasteiger partial charge >= 0.3 is 18.2 Å². The zero-order valence-electron chi connectivity index (χ0n) is 10.7. The maximum Gasteiger partial charge on any atom is 0.433 e. The molecule has 1 heterocycles. The predicted molar refractivity (Wildman–Crippen MR) is 65.2 cm³/mol. The third kappa shape index (κ3) is 3.47. The topological polar surface area (TPSA) is 72.3 Å². The zero-order valence-corrected chi connectivity index (χ0v) is 10.7. The van der Waals surface area contributed by atoms with Crippen molar-refractivity contribution in [1.82, 2.24) is 9.97 Å². The van der Waals surface area contributed by atoms with Crippen LogP contribution < -0.4 is 4.74 Å². The summed E-state index contributed by atoms with van der Waals surface area (Å²) in [7, 11) is 0. The van der Waals surface area contributed by atoms with Gasteiger partial charge in [-0.05, 0) is 30.7 Å². The molecule has 0 unspecified atom stereocenters. The Morgan fingerprint density at radius 2 is 2.00 bits per heavy atom. The van der Waals surface area contributed by atoms with E-state index in [1.807, 2.05) is 0 Å². The molecule has 110 valence electrons. The molecular formula is C13H9F3N2O3. The summed E-state index contributed by atoms with van der Waals surface area (Å²) >= 11 is 0. The van der Waals surface area contributed by atoms with Gasteiger partial charge in [-0.1, -0.05) is 6.07 Å². The SMILES string of the molecule is Cc1ccc(C(=O)O)cc1Oc1nccc(C(F)(F)F)n1. The Kier molecular flexibility index (Phi) is 3.79. The molecule has 2 rings (SSSR count).